The second-order valence-electron chi connectivity index (χ2n) is 4.25. The van der Waals surface area contributed by atoms with Crippen LogP contribution >= 0.6 is 27.3 Å². The topological polar surface area (TPSA) is 48.1 Å². The van der Waals surface area contributed by atoms with Crippen molar-refractivity contribution in [3.8, 4) is 5.75 Å². The number of nitrogens with zero attached hydrogens (tertiary/aromatic N) is 1. The van der Waals surface area contributed by atoms with Gasteiger partial charge in [-0.15, -0.1) is 11.3 Å². The van der Waals surface area contributed by atoms with E-state index in [4.69, 9.17) is 10.5 Å². The van der Waals surface area contributed by atoms with Gasteiger partial charge in [0.15, 0.2) is 0 Å². The first-order chi connectivity index (χ1) is 9.20. The highest BCUT2D eigenvalue weighted by atomic mass is 79.9. The predicted molar refractivity (Wildman–Crippen MR) is 83.0 cm³/mol. The van der Waals surface area contributed by atoms with Crippen LogP contribution in [0.2, 0.25) is 0 Å². The summed E-state index contributed by atoms with van der Waals surface area (Å²) in [6.45, 7) is 3.35. The van der Waals surface area contributed by atoms with E-state index in [9.17, 15) is 0 Å². The minimum Gasteiger partial charge on any atom is -0.493 e. The van der Waals surface area contributed by atoms with Gasteiger partial charge in [-0.2, -0.15) is 0 Å². The number of nitrogens with two attached hydrogens (primary N) is 1. The first-order valence-electron chi connectivity index (χ1n) is 6.21. The number of halogens is 1. The normalized spacial score (nSPS) is 10.7. The van der Waals surface area contributed by atoms with Crippen LogP contribution in [0, 0.1) is 6.92 Å². The van der Waals surface area contributed by atoms with Crippen molar-refractivity contribution in [3.63, 3.8) is 0 Å². The lowest BCUT2D eigenvalue weighted by molar-refractivity contribution is 0.322. The van der Waals surface area contributed by atoms with Gasteiger partial charge in [-0.05, 0) is 43.7 Å². The number of rotatable bonds is 6. The Kier molecular flexibility index (Phi) is 5.36. The van der Waals surface area contributed by atoms with Gasteiger partial charge in [0.05, 0.1) is 17.8 Å². The van der Waals surface area contributed by atoms with Gasteiger partial charge in [0.2, 0.25) is 0 Å². The largest absolute Gasteiger partial charge is 0.493 e. The van der Waals surface area contributed by atoms with Crippen LogP contribution in [0.15, 0.2) is 28.2 Å². The molecule has 2 aromatic rings. The van der Waals surface area contributed by atoms with E-state index in [0.29, 0.717) is 13.2 Å². The number of ether oxygens (including phenoxy) is 1. The molecular formula is C14H17BrN2OS. The Labute approximate surface area is 125 Å². The zero-order valence-electron chi connectivity index (χ0n) is 10.9. The van der Waals surface area contributed by atoms with E-state index in [-0.39, 0.29) is 0 Å². The monoisotopic (exact) mass is 340 g/mol. The Balaban J connectivity index is 1.92. The molecule has 0 spiro atoms. The molecule has 2 N–H and O–H groups in total. The number of hydrogen-bond donors (Lipinski definition) is 1. The Morgan fingerprint density at radius 3 is 2.89 bits per heavy atom. The molecule has 0 aliphatic rings. The van der Waals surface area contributed by atoms with Crippen molar-refractivity contribution in [1.82, 2.24) is 4.98 Å². The second kappa shape index (κ2) is 7.03. The molecule has 1 aromatic heterocycles. The smallest absolute Gasteiger partial charge is 0.119 e. The molecule has 1 heterocycles. The Bertz CT molecular complexity index is 542. The molecule has 0 aliphatic heterocycles. The predicted octanol–water partition coefficient (Wildman–Crippen LogP) is 3.34. The van der Waals surface area contributed by atoms with Crippen LogP contribution < -0.4 is 10.5 Å². The third kappa shape index (κ3) is 4.03. The summed E-state index contributed by atoms with van der Waals surface area (Å²) < 4.78 is 6.88. The lowest BCUT2D eigenvalue weighted by Gasteiger charge is -2.09. The fraction of sp³-hybridized carbons (Fsp3) is 0.357. The first-order valence-corrected chi connectivity index (χ1v) is 7.88. The molecule has 0 saturated heterocycles. The van der Waals surface area contributed by atoms with Crippen LogP contribution in [0.4, 0.5) is 0 Å². The number of hydrogen-bond acceptors (Lipinski definition) is 4. The summed E-state index contributed by atoms with van der Waals surface area (Å²) in [4.78, 5) is 5.53. The van der Waals surface area contributed by atoms with Crippen LogP contribution in [0.5, 0.6) is 5.75 Å². The van der Waals surface area contributed by atoms with E-state index < -0.39 is 0 Å². The Morgan fingerprint density at radius 1 is 1.37 bits per heavy atom. The molecule has 0 radical (unpaired) electrons. The lowest BCUT2D eigenvalue weighted by Crippen LogP contribution is -2.05. The minimum atomic E-state index is 0.641. The molecule has 0 saturated carbocycles. The summed E-state index contributed by atoms with van der Waals surface area (Å²) in [7, 11) is 0. The van der Waals surface area contributed by atoms with Crippen LogP contribution in [0.3, 0.4) is 0 Å². The van der Waals surface area contributed by atoms with Gasteiger partial charge in [0.25, 0.3) is 0 Å². The molecule has 0 unspecified atom stereocenters. The van der Waals surface area contributed by atoms with Gasteiger partial charge in [-0.25, -0.2) is 4.98 Å². The van der Waals surface area contributed by atoms with Gasteiger partial charge in [0.1, 0.15) is 5.75 Å². The van der Waals surface area contributed by atoms with Gasteiger partial charge < -0.3 is 10.5 Å². The number of aryl methyl sites for hydroxylation is 1. The van der Waals surface area contributed by atoms with Crippen molar-refractivity contribution in [2.75, 3.05) is 13.2 Å². The van der Waals surface area contributed by atoms with Crippen molar-refractivity contribution in [1.29, 1.82) is 0 Å². The van der Waals surface area contributed by atoms with Crippen LogP contribution in [0.25, 0.3) is 0 Å². The quantitative estimate of drug-likeness (QED) is 0.877. The standard InChI is InChI=1S/C14H17BrN2OS/c1-10-14(19-9-17-10)5-7-18-12-2-3-13(15)11(8-12)4-6-16/h2-3,8-9H,4-7,16H2,1H3. The lowest BCUT2D eigenvalue weighted by atomic mass is 10.1. The second-order valence-corrected chi connectivity index (χ2v) is 6.04. The van der Waals surface area contributed by atoms with E-state index in [1.807, 2.05) is 24.6 Å². The van der Waals surface area contributed by atoms with Crippen molar-refractivity contribution in [2.45, 2.75) is 19.8 Å². The molecule has 0 aliphatic carbocycles. The van der Waals surface area contributed by atoms with Gasteiger partial charge in [-0.3, -0.25) is 0 Å². The highest BCUT2D eigenvalue weighted by Gasteiger charge is 2.04. The maximum absolute atomic E-state index is 5.79. The van der Waals surface area contributed by atoms with Crippen molar-refractivity contribution < 1.29 is 4.74 Å². The summed E-state index contributed by atoms with van der Waals surface area (Å²) >= 11 is 5.21. The average Bonchev–Trinajstić information content (AvgIpc) is 2.79. The van der Waals surface area contributed by atoms with Crippen LogP contribution in [0.1, 0.15) is 16.1 Å². The number of benzene rings is 1. The first kappa shape index (κ1) is 14.5. The molecule has 0 amide bonds. The van der Waals surface area contributed by atoms with E-state index in [2.05, 4.69) is 27.0 Å². The van der Waals surface area contributed by atoms with Gasteiger partial charge in [-0.1, -0.05) is 15.9 Å². The summed E-state index contributed by atoms with van der Waals surface area (Å²) in [5.74, 6) is 0.897. The highest BCUT2D eigenvalue weighted by molar-refractivity contribution is 9.10. The maximum Gasteiger partial charge on any atom is 0.119 e. The summed E-state index contributed by atoms with van der Waals surface area (Å²) in [5.41, 5.74) is 9.77. The maximum atomic E-state index is 5.79. The molecule has 0 fully saturated rings. The molecule has 102 valence electrons. The third-order valence-electron chi connectivity index (χ3n) is 2.87. The average molecular weight is 341 g/mol. The molecule has 5 heteroatoms. The molecule has 0 bridgehead atoms. The molecule has 1 aromatic carbocycles. The SMILES string of the molecule is Cc1ncsc1CCOc1ccc(Br)c(CCN)c1. The molecule has 3 nitrogen and oxygen atoms in total. The van der Waals surface area contributed by atoms with Gasteiger partial charge >= 0.3 is 0 Å². The third-order valence-corrected chi connectivity index (χ3v) is 4.64. The minimum absolute atomic E-state index is 0.641. The van der Waals surface area contributed by atoms with Crippen molar-refractivity contribution in [3.05, 3.63) is 44.3 Å². The number of aromatic nitrogens is 1. The highest BCUT2D eigenvalue weighted by Crippen LogP contribution is 2.23. The molecular weight excluding hydrogens is 324 g/mol. The molecule has 19 heavy (non-hydrogen) atoms. The summed E-state index contributed by atoms with van der Waals surface area (Å²) in [6, 6.07) is 6.04. The summed E-state index contributed by atoms with van der Waals surface area (Å²) in [6.07, 6.45) is 1.75. The van der Waals surface area contributed by atoms with Crippen molar-refractivity contribution >= 4 is 27.3 Å². The fourth-order valence-corrected chi connectivity index (χ4v) is 3.02. The number of thiazole rings is 1. The zero-order chi connectivity index (χ0) is 13.7. The molecule has 0 atom stereocenters. The molecule has 2 rings (SSSR count). The van der Waals surface area contributed by atoms with Crippen molar-refractivity contribution in [2.24, 2.45) is 5.73 Å². The van der Waals surface area contributed by atoms with Crippen LogP contribution in [-0.4, -0.2) is 18.1 Å². The van der Waals surface area contributed by atoms with Gasteiger partial charge in [0, 0.05) is 15.8 Å². The van der Waals surface area contributed by atoms with E-state index in [1.165, 1.54) is 10.4 Å². The fourth-order valence-electron chi connectivity index (χ4n) is 1.82. The Hall–Kier alpha value is -0.910. The van der Waals surface area contributed by atoms with E-state index in [1.54, 1.807) is 11.3 Å². The Morgan fingerprint density at radius 2 is 2.21 bits per heavy atom. The van der Waals surface area contributed by atoms with Crippen LogP contribution in [-0.2, 0) is 12.8 Å². The zero-order valence-corrected chi connectivity index (χ0v) is 13.3. The summed E-state index contributed by atoms with van der Waals surface area (Å²) in [5, 5.41) is 0. The van der Waals surface area contributed by atoms with E-state index in [0.717, 1.165) is 28.8 Å². The van der Waals surface area contributed by atoms with E-state index >= 15 is 0 Å².